The largest absolute Gasteiger partial charge is 0.493 e. The van der Waals surface area contributed by atoms with Crippen LogP contribution >= 0.6 is 35.3 Å². The summed E-state index contributed by atoms with van der Waals surface area (Å²) < 4.78 is 35.9. The van der Waals surface area contributed by atoms with E-state index < -0.39 is 12.7 Å². The fraction of sp³-hybridized carbons (Fsp3) is 0.318. The number of nitrogens with zero attached hydrogens (tertiary/aromatic N) is 1. The van der Waals surface area contributed by atoms with Gasteiger partial charge in [-0.2, -0.15) is 8.78 Å². The molecule has 3 N–H and O–H groups in total. The molecule has 1 unspecified atom stereocenters. The van der Waals surface area contributed by atoms with Gasteiger partial charge in [-0.3, -0.25) is 0 Å². The Labute approximate surface area is 206 Å². The van der Waals surface area contributed by atoms with Gasteiger partial charge in [0.05, 0.1) is 13.7 Å². The first-order valence-corrected chi connectivity index (χ1v) is 10.6. The van der Waals surface area contributed by atoms with Crippen LogP contribution in [0.15, 0.2) is 53.5 Å². The van der Waals surface area contributed by atoms with Crippen molar-refractivity contribution in [1.29, 1.82) is 0 Å². The van der Waals surface area contributed by atoms with Gasteiger partial charge in [-0.05, 0) is 42.1 Å². The minimum Gasteiger partial charge on any atom is -0.493 e. The molecule has 0 aliphatic heterocycles. The van der Waals surface area contributed by atoms with Crippen LogP contribution < -0.4 is 20.1 Å². The van der Waals surface area contributed by atoms with Crippen LogP contribution in [0.25, 0.3) is 10.1 Å². The van der Waals surface area contributed by atoms with Crippen LogP contribution in [-0.2, 0) is 6.54 Å². The number of benzene rings is 2. The Bertz CT molecular complexity index is 1000. The number of aliphatic hydroxyl groups is 1. The first kappa shape index (κ1) is 26.1. The predicted molar refractivity (Wildman–Crippen MR) is 135 cm³/mol. The quantitative estimate of drug-likeness (QED) is 0.191. The van der Waals surface area contributed by atoms with Crippen molar-refractivity contribution in [2.24, 2.45) is 4.99 Å². The molecule has 1 atom stereocenters. The van der Waals surface area contributed by atoms with E-state index in [1.54, 1.807) is 23.5 Å². The van der Waals surface area contributed by atoms with Crippen LogP contribution in [0, 0.1) is 0 Å². The molecule has 0 aliphatic carbocycles. The molecule has 0 amide bonds. The molecular formula is C22H26F2IN3O3S. The monoisotopic (exact) mass is 577 g/mol. The Hall–Kier alpha value is -2.18. The molecule has 2 aromatic carbocycles. The first-order valence-electron chi connectivity index (χ1n) is 9.80. The van der Waals surface area contributed by atoms with Crippen molar-refractivity contribution in [3.63, 3.8) is 0 Å². The second kappa shape index (κ2) is 12.8. The first-order chi connectivity index (χ1) is 15.0. The van der Waals surface area contributed by atoms with Crippen molar-refractivity contribution < 1.29 is 23.4 Å². The third-order valence-corrected chi connectivity index (χ3v) is 5.66. The number of alkyl halides is 2. The highest BCUT2D eigenvalue weighted by atomic mass is 127. The van der Waals surface area contributed by atoms with E-state index in [4.69, 9.17) is 4.74 Å². The fourth-order valence-electron chi connectivity index (χ4n) is 2.98. The number of guanidine groups is 1. The molecule has 3 aromatic rings. The Morgan fingerprint density at radius 3 is 2.59 bits per heavy atom. The summed E-state index contributed by atoms with van der Waals surface area (Å²) in [5.74, 6) is 0.697. The third-order valence-electron chi connectivity index (χ3n) is 4.44. The number of ether oxygens (including phenoxy) is 2. The number of rotatable bonds is 9. The maximum Gasteiger partial charge on any atom is 0.387 e. The molecule has 32 heavy (non-hydrogen) atoms. The highest BCUT2D eigenvalue weighted by Gasteiger charge is 2.13. The smallest absolute Gasteiger partial charge is 0.387 e. The Morgan fingerprint density at radius 2 is 1.91 bits per heavy atom. The number of aliphatic imine (C=N–C) groups is 1. The summed E-state index contributed by atoms with van der Waals surface area (Å²) in [7, 11) is 1.39. The van der Waals surface area contributed by atoms with Gasteiger partial charge >= 0.3 is 6.61 Å². The van der Waals surface area contributed by atoms with E-state index in [1.807, 2.05) is 37.3 Å². The maximum absolute atomic E-state index is 12.6. The second-order valence-corrected chi connectivity index (χ2v) is 7.76. The van der Waals surface area contributed by atoms with Crippen molar-refractivity contribution in [2.45, 2.75) is 26.2 Å². The molecule has 6 nitrogen and oxygen atoms in total. The number of fused-ring (bicyclic) bond motifs is 1. The van der Waals surface area contributed by atoms with Crippen LogP contribution in [0.3, 0.4) is 0 Å². The SMILES string of the molecule is CCNC(=NCc1ccc(OC)c(OC(F)F)c1)NCC(O)c1cc2ccccc2s1.I. The lowest BCUT2D eigenvalue weighted by Gasteiger charge is -2.15. The standard InChI is InChI=1S/C22H25F2N3O3S.HI/c1-3-25-22(26-12-14-8-9-17(29-2)18(10-14)30-21(23)24)27-13-16(28)20-11-15-6-4-5-7-19(15)31-20;/h4-11,16,21,28H,3,12-13H2,1-2H3,(H2,25,26,27);1H. The lowest BCUT2D eigenvalue weighted by Crippen LogP contribution is -2.39. The number of thiophene rings is 1. The minimum atomic E-state index is -2.94. The van der Waals surface area contributed by atoms with E-state index in [1.165, 1.54) is 13.2 Å². The van der Waals surface area contributed by atoms with Crippen LogP contribution in [0.5, 0.6) is 11.5 Å². The van der Waals surface area contributed by atoms with Crippen molar-refractivity contribution >= 4 is 51.4 Å². The van der Waals surface area contributed by atoms with Gasteiger partial charge in [-0.25, -0.2) is 4.99 Å². The zero-order chi connectivity index (χ0) is 22.2. The lowest BCUT2D eigenvalue weighted by molar-refractivity contribution is -0.0512. The summed E-state index contributed by atoms with van der Waals surface area (Å²) in [6.07, 6.45) is -0.687. The molecule has 1 heterocycles. The summed E-state index contributed by atoms with van der Waals surface area (Å²) in [5, 5.41) is 17.9. The molecule has 0 spiro atoms. The molecule has 10 heteroatoms. The minimum absolute atomic E-state index is 0. The van der Waals surface area contributed by atoms with Gasteiger partial charge in [-0.15, -0.1) is 35.3 Å². The molecule has 0 radical (unpaired) electrons. The van der Waals surface area contributed by atoms with Crippen LogP contribution in [0.1, 0.15) is 23.5 Å². The maximum atomic E-state index is 12.6. The van der Waals surface area contributed by atoms with Gasteiger partial charge in [0.1, 0.15) is 6.10 Å². The predicted octanol–water partition coefficient (Wildman–Crippen LogP) is 4.92. The number of hydrogen-bond acceptors (Lipinski definition) is 5. The highest BCUT2D eigenvalue weighted by molar-refractivity contribution is 14.0. The van der Waals surface area contributed by atoms with Crippen molar-refractivity contribution in [3.8, 4) is 11.5 Å². The Kier molecular flexibility index (Phi) is 10.4. The van der Waals surface area contributed by atoms with E-state index in [-0.39, 0.29) is 48.6 Å². The zero-order valence-electron chi connectivity index (χ0n) is 17.7. The van der Waals surface area contributed by atoms with E-state index in [9.17, 15) is 13.9 Å². The molecular weight excluding hydrogens is 551 g/mol. The molecule has 174 valence electrons. The molecule has 0 fully saturated rings. The fourth-order valence-corrected chi connectivity index (χ4v) is 4.03. The van der Waals surface area contributed by atoms with Crippen molar-refractivity contribution in [3.05, 3.63) is 59.0 Å². The van der Waals surface area contributed by atoms with Gasteiger partial charge in [0, 0.05) is 22.7 Å². The van der Waals surface area contributed by atoms with E-state index in [0.29, 0.717) is 18.1 Å². The molecule has 0 saturated heterocycles. The molecule has 0 bridgehead atoms. The van der Waals surface area contributed by atoms with Gasteiger partial charge in [0.15, 0.2) is 17.5 Å². The number of methoxy groups -OCH3 is 1. The Morgan fingerprint density at radius 1 is 1.12 bits per heavy atom. The summed E-state index contributed by atoms with van der Waals surface area (Å²) in [6, 6.07) is 14.7. The Balaban J connectivity index is 0.00000363. The summed E-state index contributed by atoms with van der Waals surface area (Å²) in [4.78, 5) is 5.34. The van der Waals surface area contributed by atoms with Gasteiger partial charge in [-0.1, -0.05) is 24.3 Å². The van der Waals surface area contributed by atoms with Crippen LogP contribution in [-0.4, -0.2) is 37.9 Å². The van der Waals surface area contributed by atoms with Gasteiger partial charge in [0.2, 0.25) is 0 Å². The normalized spacial score (nSPS) is 12.4. The highest BCUT2D eigenvalue weighted by Crippen LogP contribution is 2.30. The third kappa shape index (κ3) is 7.17. The zero-order valence-corrected chi connectivity index (χ0v) is 20.8. The summed E-state index contributed by atoms with van der Waals surface area (Å²) in [5.41, 5.74) is 0.679. The molecule has 3 rings (SSSR count). The second-order valence-electron chi connectivity index (χ2n) is 6.64. The van der Waals surface area contributed by atoms with E-state index >= 15 is 0 Å². The van der Waals surface area contributed by atoms with E-state index in [2.05, 4.69) is 20.4 Å². The molecule has 0 saturated carbocycles. The average Bonchev–Trinajstić information content (AvgIpc) is 3.19. The van der Waals surface area contributed by atoms with Gasteiger partial charge < -0.3 is 25.2 Å². The van der Waals surface area contributed by atoms with E-state index in [0.717, 1.165) is 15.0 Å². The van der Waals surface area contributed by atoms with Crippen LogP contribution in [0.4, 0.5) is 8.78 Å². The molecule has 0 aliphatic rings. The molecule has 1 aromatic heterocycles. The van der Waals surface area contributed by atoms with Crippen LogP contribution in [0.2, 0.25) is 0 Å². The number of aliphatic hydroxyl groups excluding tert-OH is 1. The summed E-state index contributed by atoms with van der Waals surface area (Å²) >= 11 is 1.55. The topological polar surface area (TPSA) is 75.1 Å². The average molecular weight is 577 g/mol. The van der Waals surface area contributed by atoms with Crippen molar-refractivity contribution in [2.75, 3.05) is 20.2 Å². The number of nitrogens with one attached hydrogen (secondary N) is 2. The summed E-state index contributed by atoms with van der Waals surface area (Å²) in [6.45, 7) is 0.134. The number of halogens is 3. The lowest BCUT2D eigenvalue weighted by atomic mass is 10.2. The van der Waals surface area contributed by atoms with Crippen molar-refractivity contribution in [1.82, 2.24) is 10.6 Å². The number of hydrogen-bond donors (Lipinski definition) is 3. The van der Waals surface area contributed by atoms with Gasteiger partial charge in [0.25, 0.3) is 0 Å².